The largest absolute Gasteiger partial charge is 0.465 e. The highest BCUT2D eigenvalue weighted by atomic mass is 16.5. The van der Waals surface area contributed by atoms with Crippen LogP contribution in [0.3, 0.4) is 0 Å². The lowest BCUT2D eigenvalue weighted by Crippen LogP contribution is -2.38. The van der Waals surface area contributed by atoms with Crippen LogP contribution in [0.4, 0.5) is 0 Å². The smallest absolute Gasteiger partial charge is 0.343 e. The number of benzene rings is 2. The second-order valence-electron chi connectivity index (χ2n) is 6.44. The fourth-order valence-corrected chi connectivity index (χ4v) is 3.39. The zero-order valence-electron chi connectivity index (χ0n) is 15.6. The number of aromatic nitrogens is 2. The number of methoxy groups -OCH3 is 2. The summed E-state index contributed by atoms with van der Waals surface area (Å²) in [5.41, 5.74) is 2.99. The van der Waals surface area contributed by atoms with Gasteiger partial charge in [0.25, 0.3) is 0 Å². The summed E-state index contributed by atoms with van der Waals surface area (Å²) in [5, 5.41) is 1.90. The van der Waals surface area contributed by atoms with E-state index in [1.807, 2.05) is 59.3 Å². The molecule has 140 valence electrons. The number of carbonyl (C=O) groups excluding carboxylic acids is 2. The van der Waals surface area contributed by atoms with Crippen molar-refractivity contribution in [2.24, 2.45) is 0 Å². The molecule has 0 amide bonds. The Bertz CT molecular complexity index is 1210. The van der Waals surface area contributed by atoms with E-state index in [4.69, 9.17) is 9.47 Å². The van der Waals surface area contributed by atoms with Gasteiger partial charge >= 0.3 is 11.9 Å². The van der Waals surface area contributed by atoms with E-state index in [0.29, 0.717) is 17.8 Å². The Hall–Kier alpha value is -3.67. The zero-order valence-corrected chi connectivity index (χ0v) is 15.6. The van der Waals surface area contributed by atoms with Crippen LogP contribution in [0.25, 0.3) is 21.8 Å². The summed E-state index contributed by atoms with van der Waals surface area (Å²) in [6, 6.07) is 17.1. The Morgan fingerprint density at radius 2 is 1.61 bits per heavy atom. The van der Waals surface area contributed by atoms with Gasteiger partial charge in [-0.05, 0) is 36.4 Å². The second kappa shape index (κ2) is 7.15. The maximum Gasteiger partial charge on any atom is 0.343 e. The Labute approximate surface area is 161 Å². The van der Waals surface area contributed by atoms with Gasteiger partial charge in [-0.3, -0.25) is 4.57 Å². The monoisotopic (exact) mass is 375 g/mol. The SMILES string of the molecule is COC(=O)c1ccc2c(ccn2C[n+]2cc(C(=O)OC)cc3ccccc32)c1. The van der Waals surface area contributed by atoms with Crippen molar-refractivity contribution < 1.29 is 23.6 Å². The van der Waals surface area contributed by atoms with Crippen molar-refractivity contribution in [3.63, 3.8) is 0 Å². The Morgan fingerprint density at radius 1 is 0.893 bits per heavy atom. The molecule has 2 aromatic carbocycles. The van der Waals surface area contributed by atoms with Crippen LogP contribution in [0.15, 0.2) is 67.0 Å². The summed E-state index contributed by atoms with van der Waals surface area (Å²) < 4.78 is 13.7. The maximum absolute atomic E-state index is 12.1. The highest BCUT2D eigenvalue weighted by Gasteiger charge is 2.17. The topological polar surface area (TPSA) is 61.4 Å². The van der Waals surface area contributed by atoms with Gasteiger partial charge in [-0.1, -0.05) is 12.1 Å². The molecular formula is C22H19N2O4+. The standard InChI is InChI=1S/C22H19N2O4/c1-27-21(25)17-7-8-20-16(11-17)9-10-23(20)14-24-13-18(22(26)28-2)12-15-5-3-4-6-19(15)24/h3-13H,14H2,1-2H3/q+1. The molecule has 0 unspecified atom stereocenters. The van der Waals surface area contributed by atoms with E-state index >= 15 is 0 Å². The average Bonchev–Trinajstić information content (AvgIpc) is 3.14. The van der Waals surface area contributed by atoms with Crippen LogP contribution in [-0.2, 0) is 16.1 Å². The first-order valence-corrected chi connectivity index (χ1v) is 8.78. The molecule has 28 heavy (non-hydrogen) atoms. The molecule has 0 aliphatic rings. The molecule has 0 N–H and O–H groups in total. The number of hydrogen-bond donors (Lipinski definition) is 0. The first kappa shape index (κ1) is 17.7. The van der Waals surface area contributed by atoms with Gasteiger partial charge in [0.15, 0.2) is 6.20 Å². The Kier molecular flexibility index (Phi) is 4.53. The molecule has 0 saturated carbocycles. The molecule has 2 aromatic heterocycles. The van der Waals surface area contributed by atoms with E-state index in [1.54, 1.807) is 12.3 Å². The van der Waals surface area contributed by atoms with Crippen LogP contribution in [0.2, 0.25) is 0 Å². The van der Waals surface area contributed by atoms with Gasteiger partial charge in [0.05, 0.1) is 25.3 Å². The molecule has 0 bridgehead atoms. The fourth-order valence-electron chi connectivity index (χ4n) is 3.39. The summed E-state index contributed by atoms with van der Waals surface area (Å²) >= 11 is 0. The minimum absolute atomic E-state index is 0.360. The zero-order chi connectivity index (χ0) is 19.7. The molecule has 0 fully saturated rings. The van der Waals surface area contributed by atoms with E-state index in [9.17, 15) is 9.59 Å². The van der Waals surface area contributed by atoms with Crippen molar-refractivity contribution >= 4 is 33.7 Å². The number of ether oxygens (including phenoxy) is 2. The van der Waals surface area contributed by atoms with E-state index in [0.717, 1.165) is 21.8 Å². The van der Waals surface area contributed by atoms with Gasteiger partial charge in [0.2, 0.25) is 12.2 Å². The molecule has 4 rings (SSSR count). The highest BCUT2D eigenvalue weighted by molar-refractivity contribution is 5.95. The predicted octanol–water partition coefficient (Wildman–Crippen LogP) is 3.16. The molecule has 6 heteroatoms. The van der Waals surface area contributed by atoms with E-state index < -0.39 is 0 Å². The summed E-state index contributed by atoms with van der Waals surface area (Å²) in [7, 11) is 2.74. The fraction of sp³-hybridized carbons (Fsp3) is 0.136. The van der Waals surface area contributed by atoms with Crippen molar-refractivity contribution in [1.29, 1.82) is 0 Å². The molecular weight excluding hydrogens is 356 g/mol. The minimum Gasteiger partial charge on any atom is -0.465 e. The van der Waals surface area contributed by atoms with Gasteiger partial charge in [0.1, 0.15) is 5.56 Å². The van der Waals surface area contributed by atoms with Crippen LogP contribution in [0.5, 0.6) is 0 Å². The van der Waals surface area contributed by atoms with Crippen molar-refractivity contribution in [1.82, 2.24) is 4.57 Å². The van der Waals surface area contributed by atoms with Crippen LogP contribution < -0.4 is 4.57 Å². The number of pyridine rings is 1. The van der Waals surface area contributed by atoms with Crippen LogP contribution >= 0.6 is 0 Å². The van der Waals surface area contributed by atoms with Crippen molar-refractivity contribution in [3.05, 3.63) is 78.1 Å². The molecule has 0 spiro atoms. The summed E-state index contributed by atoms with van der Waals surface area (Å²) in [4.78, 5) is 23.8. The Morgan fingerprint density at radius 3 is 2.39 bits per heavy atom. The van der Waals surface area contributed by atoms with Gasteiger partial charge in [0, 0.05) is 23.0 Å². The van der Waals surface area contributed by atoms with Gasteiger partial charge in [-0.2, -0.15) is 4.57 Å². The molecule has 4 aromatic rings. The quantitative estimate of drug-likeness (QED) is 0.406. The second-order valence-corrected chi connectivity index (χ2v) is 6.44. The van der Waals surface area contributed by atoms with Crippen molar-refractivity contribution in [2.75, 3.05) is 14.2 Å². The molecule has 0 saturated heterocycles. The third-order valence-corrected chi connectivity index (χ3v) is 4.77. The summed E-state index contributed by atoms with van der Waals surface area (Å²) in [6.07, 6.45) is 3.75. The molecule has 6 nitrogen and oxygen atoms in total. The van der Waals surface area contributed by atoms with Crippen LogP contribution in [-0.4, -0.2) is 30.7 Å². The number of nitrogens with zero attached hydrogens (tertiary/aromatic N) is 2. The number of esters is 2. The number of fused-ring (bicyclic) bond motifs is 2. The molecule has 0 aliphatic carbocycles. The van der Waals surface area contributed by atoms with Crippen molar-refractivity contribution in [2.45, 2.75) is 6.67 Å². The lowest BCUT2D eigenvalue weighted by molar-refractivity contribution is -0.675. The predicted molar refractivity (Wildman–Crippen MR) is 104 cm³/mol. The lowest BCUT2D eigenvalue weighted by atomic mass is 10.1. The Balaban J connectivity index is 1.79. The third-order valence-electron chi connectivity index (χ3n) is 4.77. The van der Waals surface area contributed by atoms with E-state index in [2.05, 4.69) is 4.57 Å². The molecule has 2 heterocycles. The minimum atomic E-state index is -0.375. The molecule has 0 aliphatic heterocycles. The third kappa shape index (κ3) is 3.09. The van der Waals surface area contributed by atoms with Gasteiger partial charge < -0.3 is 9.47 Å². The number of carbonyl (C=O) groups is 2. The molecule has 0 radical (unpaired) electrons. The normalized spacial score (nSPS) is 10.9. The number of hydrogen-bond acceptors (Lipinski definition) is 4. The lowest BCUT2D eigenvalue weighted by Gasteiger charge is -2.07. The number of rotatable bonds is 4. The van der Waals surface area contributed by atoms with E-state index in [1.165, 1.54) is 14.2 Å². The van der Waals surface area contributed by atoms with E-state index in [-0.39, 0.29) is 11.9 Å². The summed E-state index contributed by atoms with van der Waals surface area (Å²) in [5.74, 6) is -0.736. The van der Waals surface area contributed by atoms with Crippen LogP contribution in [0.1, 0.15) is 20.7 Å². The molecule has 0 atom stereocenters. The van der Waals surface area contributed by atoms with Gasteiger partial charge in [-0.15, -0.1) is 0 Å². The summed E-state index contributed by atoms with van der Waals surface area (Å²) in [6.45, 7) is 0.506. The van der Waals surface area contributed by atoms with Gasteiger partial charge in [-0.25, -0.2) is 9.59 Å². The number of para-hydroxylation sites is 1. The van der Waals surface area contributed by atoms with Crippen LogP contribution in [0, 0.1) is 0 Å². The van der Waals surface area contributed by atoms with Crippen molar-refractivity contribution in [3.8, 4) is 0 Å². The maximum atomic E-state index is 12.1. The average molecular weight is 375 g/mol. The highest BCUT2D eigenvalue weighted by Crippen LogP contribution is 2.19. The first-order valence-electron chi connectivity index (χ1n) is 8.78. The first-order chi connectivity index (χ1) is 13.6.